The lowest BCUT2D eigenvalue weighted by Gasteiger charge is -2.16. The topological polar surface area (TPSA) is 102 Å². The predicted octanol–water partition coefficient (Wildman–Crippen LogP) is 2.26. The van der Waals surface area contributed by atoms with Crippen molar-refractivity contribution in [2.24, 2.45) is 0 Å². The van der Waals surface area contributed by atoms with Crippen LogP contribution in [0.1, 0.15) is 17.8 Å². The number of hydrogen-bond donors (Lipinski definition) is 2. The number of amides is 1. The number of para-hydroxylation sites is 1. The van der Waals surface area contributed by atoms with Gasteiger partial charge in [0.15, 0.2) is 0 Å². The third kappa shape index (κ3) is 4.77. The van der Waals surface area contributed by atoms with Crippen molar-refractivity contribution in [3.63, 3.8) is 0 Å². The summed E-state index contributed by atoms with van der Waals surface area (Å²) >= 11 is 0. The molecule has 1 amide bonds. The van der Waals surface area contributed by atoms with Crippen molar-refractivity contribution in [3.8, 4) is 6.07 Å². The van der Waals surface area contributed by atoms with Crippen LogP contribution in [0.25, 0.3) is 10.9 Å². The van der Waals surface area contributed by atoms with Crippen LogP contribution in [-0.2, 0) is 11.3 Å². The Morgan fingerprint density at radius 3 is 2.70 bits per heavy atom. The van der Waals surface area contributed by atoms with E-state index in [1.54, 1.807) is 42.5 Å². The Morgan fingerprint density at radius 2 is 1.96 bits per heavy atom. The molecule has 2 N–H and O–H groups in total. The van der Waals surface area contributed by atoms with Crippen LogP contribution in [0.3, 0.4) is 0 Å². The predicted molar refractivity (Wildman–Crippen MR) is 103 cm³/mol. The molecule has 0 radical (unpaired) electrons. The molecule has 0 saturated heterocycles. The number of fused-ring (bicyclic) bond motifs is 1. The number of nitriles is 1. The Labute approximate surface area is 156 Å². The number of rotatable bonds is 6. The molecular weight excluding hydrogens is 342 g/mol. The molecule has 0 aliphatic rings. The Balaban J connectivity index is 1.54. The van der Waals surface area contributed by atoms with Gasteiger partial charge >= 0.3 is 0 Å². The second-order valence-corrected chi connectivity index (χ2v) is 6.25. The third-order valence-corrected chi connectivity index (χ3v) is 4.10. The SMILES string of the molecule is CN(CCC(=O)Nc1ccc(C#N)cc1)Cc1nc2ccccc2c(=O)[nH]1. The number of carbonyl (C=O) groups is 1. The molecule has 2 aromatic carbocycles. The Hall–Kier alpha value is -3.50. The summed E-state index contributed by atoms with van der Waals surface area (Å²) in [6.45, 7) is 0.947. The van der Waals surface area contributed by atoms with Gasteiger partial charge in [-0.1, -0.05) is 12.1 Å². The van der Waals surface area contributed by atoms with Crippen molar-refractivity contribution in [1.82, 2.24) is 14.9 Å². The van der Waals surface area contributed by atoms with Gasteiger partial charge in [0, 0.05) is 18.7 Å². The van der Waals surface area contributed by atoms with E-state index in [1.807, 2.05) is 24.1 Å². The summed E-state index contributed by atoms with van der Waals surface area (Å²) in [7, 11) is 1.87. The molecule has 3 aromatic rings. The molecule has 136 valence electrons. The first kappa shape index (κ1) is 18.3. The first-order chi connectivity index (χ1) is 13.0. The van der Waals surface area contributed by atoms with Gasteiger partial charge in [-0.05, 0) is 43.4 Å². The van der Waals surface area contributed by atoms with E-state index >= 15 is 0 Å². The monoisotopic (exact) mass is 361 g/mol. The molecule has 3 rings (SSSR count). The van der Waals surface area contributed by atoms with Crippen LogP contribution < -0.4 is 10.9 Å². The molecule has 7 nitrogen and oxygen atoms in total. The summed E-state index contributed by atoms with van der Waals surface area (Å²) < 4.78 is 0. The largest absolute Gasteiger partial charge is 0.326 e. The first-order valence-corrected chi connectivity index (χ1v) is 8.51. The van der Waals surface area contributed by atoms with Crippen molar-refractivity contribution in [1.29, 1.82) is 5.26 Å². The van der Waals surface area contributed by atoms with Crippen LogP contribution in [-0.4, -0.2) is 34.4 Å². The van der Waals surface area contributed by atoms with Crippen molar-refractivity contribution in [2.45, 2.75) is 13.0 Å². The normalized spacial score (nSPS) is 10.7. The van der Waals surface area contributed by atoms with Gasteiger partial charge in [0.1, 0.15) is 5.82 Å². The standard InChI is InChI=1S/C20H19N5O2/c1-25(11-10-19(26)22-15-8-6-14(12-21)7-9-15)13-18-23-17-5-3-2-4-16(17)20(27)24-18/h2-9H,10-11,13H2,1H3,(H,22,26)(H,23,24,27). The second-order valence-electron chi connectivity index (χ2n) is 6.25. The van der Waals surface area contributed by atoms with Crippen LogP contribution in [0.15, 0.2) is 53.3 Å². The van der Waals surface area contributed by atoms with Crippen LogP contribution in [0.5, 0.6) is 0 Å². The minimum Gasteiger partial charge on any atom is -0.326 e. The summed E-state index contributed by atoms with van der Waals surface area (Å²) in [5.41, 5.74) is 1.69. The van der Waals surface area contributed by atoms with Gasteiger partial charge < -0.3 is 10.3 Å². The zero-order valence-electron chi connectivity index (χ0n) is 14.9. The molecular formula is C20H19N5O2. The highest BCUT2D eigenvalue weighted by molar-refractivity contribution is 5.90. The Bertz CT molecular complexity index is 1050. The summed E-state index contributed by atoms with van der Waals surface area (Å²) in [5.74, 6) is 0.445. The van der Waals surface area contributed by atoms with E-state index in [0.29, 0.717) is 47.5 Å². The van der Waals surface area contributed by atoms with Crippen LogP contribution in [0.4, 0.5) is 5.69 Å². The van der Waals surface area contributed by atoms with E-state index in [2.05, 4.69) is 15.3 Å². The molecule has 1 aromatic heterocycles. The van der Waals surface area contributed by atoms with Gasteiger partial charge in [0.05, 0.1) is 29.1 Å². The molecule has 0 spiro atoms. The molecule has 1 heterocycles. The number of nitrogens with zero attached hydrogens (tertiary/aromatic N) is 3. The van der Waals surface area contributed by atoms with Gasteiger partial charge in [-0.2, -0.15) is 5.26 Å². The minimum absolute atomic E-state index is 0.119. The van der Waals surface area contributed by atoms with E-state index < -0.39 is 0 Å². The Kier molecular flexibility index (Phi) is 5.59. The van der Waals surface area contributed by atoms with Crippen molar-refractivity contribution in [2.75, 3.05) is 18.9 Å². The summed E-state index contributed by atoms with van der Waals surface area (Å²) in [4.78, 5) is 33.3. The summed E-state index contributed by atoms with van der Waals surface area (Å²) in [5, 5.41) is 12.1. The highest BCUT2D eigenvalue weighted by atomic mass is 16.1. The average molecular weight is 361 g/mol. The maximum absolute atomic E-state index is 12.1. The van der Waals surface area contributed by atoms with Gasteiger partial charge in [0.25, 0.3) is 5.56 Å². The van der Waals surface area contributed by atoms with Gasteiger partial charge in [-0.25, -0.2) is 4.98 Å². The third-order valence-electron chi connectivity index (χ3n) is 4.10. The maximum Gasteiger partial charge on any atom is 0.258 e. The van der Waals surface area contributed by atoms with Crippen LogP contribution in [0.2, 0.25) is 0 Å². The number of nitrogens with one attached hydrogen (secondary N) is 2. The number of hydrogen-bond acceptors (Lipinski definition) is 5. The smallest absolute Gasteiger partial charge is 0.258 e. The van der Waals surface area contributed by atoms with Crippen LogP contribution in [0, 0.1) is 11.3 Å². The van der Waals surface area contributed by atoms with Crippen molar-refractivity contribution < 1.29 is 4.79 Å². The van der Waals surface area contributed by atoms with Gasteiger partial charge in [-0.3, -0.25) is 14.5 Å². The number of H-pyrrole nitrogens is 1. The fraction of sp³-hybridized carbons (Fsp3) is 0.200. The first-order valence-electron chi connectivity index (χ1n) is 8.51. The number of anilines is 1. The highest BCUT2D eigenvalue weighted by Crippen LogP contribution is 2.10. The van der Waals surface area contributed by atoms with Crippen molar-refractivity contribution in [3.05, 3.63) is 70.3 Å². The molecule has 7 heteroatoms. The van der Waals surface area contributed by atoms with Gasteiger partial charge in [0.2, 0.25) is 5.91 Å². The number of aromatic nitrogens is 2. The quantitative estimate of drug-likeness (QED) is 0.701. The zero-order valence-corrected chi connectivity index (χ0v) is 14.9. The lowest BCUT2D eigenvalue weighted by molar-refractivity contribution is -0.116. The van der Waals surface area contributed by atoms with Gasteiger partial charge in [-0.15, -0.1) is 0 Å². The Morgan fingerprint density at radius 1 is 1.22 bits per heavy atom. The molecule has 27 heavy (non-hydrogen) atoms. The van der Waals surface area contributed by atoms with E-state index in [0.717, 1.165) is 0 Å². The average Bonchev–Trinajstić information content (AvgIpc) is 2.67. The fourth-order valence-corrected chi connectivity index (χ4v) is 2.69. The van der Waals surface area contributed by atoms with E-state index in [-0.39, 0.29) is 11.5 Å². The van der Waals surface area contributed by atoms with Crippen LogP contribution >= 0.6 is 0 Å². The highest BCUT2D eigenvalue weighted by Gasteiger charge is 2.09. The number of benzene rings is 2. The molecule has 0 aliphatic heterocycles. The van der Waals surface area contributed by atoms with Crippen molar-refractivity contribution >= 4 is 22.5 Å². The van der Waals surface area contributed by atoms with E-state index in [4.69, 9.17) is 5.26 Å². The number of carbonyl (C=O) groups excluding carboxylic acids is 1. The molecule has 0 saturated carbocycles. The lowest BCUT2D eigenvalue weighted by Crippen LogP contribution is -2.26. The zero-order chi connectivity index (χ0) is 19.2. The molecule has 0 unspecified atom stereocenters. The molecule has 0 bridgehead atoms. The molecule has 0 aliphatic carbocycles. The summed E-state index contributed by atoms with van der Waals surface area (Å²) in [6.07, 6.45) is 0.300. The van der Waals surface area contributed by atoms with E-state index in [1.165, 1.54) is 0 Å². The second kappa shape index (κ2) is 8.25. The minimum atomic E-state index is -0.164. The number of aromatic amines is 1. The lowest BCUT2D eigenvalue weighted by atomic mass is 10.2. The molecule has 0 atom stereocenters. The molecule has 0 fully saturated rings. The fourth-order valence-electron chi connectivity index (χ4n) is 2.69. The summed E-state index contributed by atoms with van der Waals surface area (Å²) in [6, 6.07) is 15.9. The maximum atomic E-state index is 12.1. The van der Waals surface area contributed by atoms with E-state index in [9.17, 15) is 9.59 Å².